The average Bonchev–Trinajstić information content (AvgIpc) is 2.27. The minimum atomic E-state index is -0.0296. The summed E-state index contributed by atoms with van der Waals surface area (Å²) in [5.74, 6) is 0.465. The van der Waals surface area contributed by atoms with Crippen LogP contribution in [-0.2, 0) is 0 Å². The Bertz CT molecular complexity index is 354. The molecule has 2 heteroatoms. The number of hydrogen-bond acceptors (Lipinski definition) is 1. The Kier molecular flexibility index (Phi) is 3.06. The summed E-state index contributed by atoms with van der Waals surface area (Å²) in [6, 6.07) is 3.98. The minimum absolute atomic E-state index is 0.0296. The molecule has 1 saturated heterocycles. The summed E-state index contributed by atoms with van der Waals surface area (Å²) in [7, 11) is 0. The van der Waals surface area contributed by atoms with Crippen molar-refractivity contribution in [3.05, 3.63) is 34.6 Å². The van der Waals surface area contributed by atoms with Crippen LogP contribution in [0.2, 0.25) is 0 Å². The Morgan fingerprint density at radius 2 is 2.13 bits per heavy atom. The molecule has 1 aliphatic rings. The van der Waals surface area contributed by atoms with E-state index in [1.165, 1.54) is 18.4 Å². The molecule has 0 aliphatic carbocycles. The van der Waals surface area contributed by atoms with E-state index < -0.39 is 0 Å². The largest absolute Gasteiger partial charge is 0.316 e. The third kappa shape index (κ3) is 2.05. The molecule has 15 heavy (non-hydrogen) atoms. The second-order valence-corrected chi connectivity index (χ2v) is 4.45. The molecule has 0 aromatic heterocycles. The van der Waals surface area contributed by atoms with Gasteiger partial charge >= 0.3 is 0 Å². The van der Waals surface area contributed by atoms with Gasteiger partial charge in [-0.2, -0.15) is 0 Å². The normalized spacial score (nSPS) is 21.7. The van der Waals surface area contributed by atoms with Gasteiger partial charge in [0.2, 0.25) is 0 Å². The van der Waals surface area contributed by atoms with Crippen molar-refractivity contribution in [1.29, 1.82) is 0 Å². The van der Waals surface area contributed by atoms with E-state index in [1.54, 1.807) is 0 Å². The van der Waals surface area contributed by atoms with Crippen molar-refractivity contribution >= 4 is 0 Å². The molecule has 1 nitrogen and oxygen atoms in total. The van der Waals surface area contributed by atoms with Crippen LogP contribution < -0.4 is 5.32 Å². The second kappa shape index (κ2) is 4.31. The van der Waals surface area contributed by atoms with Crippen LogP contribution in [0.4, 0.5) is 4.39 Å². The number of halogens is 1. The minimum Gasteiger partial charge on any atom is -0.316 e. The number of hydrogen-bond donors (Lipinski definition) is 1. The van der Waals surface area contributed by atoms with Crippen molar-refractivity contribution in [1.82, 2.24) is 5.32 Å². The van der Waals surface area contributed by atoms with E-state index in [2.05, 4.69) is 11.4 Å². The van der Waals surface area contributed by atoms with Crippen LogP contribution in [0.5, 0.6) is 0 Å². The molecule has 1 heterocycles. The van der Waals surface area contributed by atoms with Gasteiger partial charge in [0.25, 0.3) is 0 Å². The molecule has 1 unspecified atom stereocenters. The maximum absolute atomic E-state index is 13.7. The lowest BCUT2D eigenvalue weighted by molar-refractivity contribution is 0.457. The molecule has 2 rings (SSSR count). The molecular formula is C13H18FN. The Labute approximate surface area is 90.7 Å². The summed E-state index contributed by atoms with van der Waals surface area (Å²) in [4.78, 5) is 0. The maximum atomic E-state index is 13.7. The smallest absolute Gasteiger partial charge is 0.129 e. The molecule has 0 saturated carbocycles. The highest BCUT2D eigenvalue weighted by atomic mass is 19.1. The summed E-state index contributed by atoms with van der Waals surface area (Å²) < 4.78 is 13.7. The summed E-state index contributed by atoms with van der Waals surface area (Å²) in [5, 5.41) is 3.37. The monoisotopic (exact) mass is 207 g/mol. The fraction of sp³-hybridized carbons (Fsp3) is 0.538. The van der Waals surface area contributed by atoms with Crippen LogP contribution in [0.15, 0.2) is 12.1 Å². The third-order valence-corrected chi connectivity index (χ3v) is 3.36. The van der Waals surface area contributed by atoms with Crippen LogP contribution in [0.1, 0.15) is 35.4 Å². The van der Waals surface area contributed by atoms with Crippen LogP contribution in [0, 0.1) is 19.7 Å². The van der Waals surface area contributed by atoms with E-state index in [9.17, 15) is 4.39 Å². The summed E-state index contributed by atoms with van der Waals surface area (Å²) in [6.07, 6.45) is 2.37. The number of rotatable bonds is 1. The fourth-order valence-electron chi connectivity index (χ4n) is 2.39. The lowest BCUT2D eigenvalue weighted by Crippen LogP contribution is -2.28. The zero-order valence-electron chi connectivity index (χ0n) is 9.44. The lowest BCUT2D eigenvalue weighted by atomic mass is 9.88. The van der Waals surface area contributed by atoms with E-state index in [0.717, 1.165) is 24.2 Å². The lowest BCUT2D eigenvalue weighted by Gasteiger charge is -2.25. The van der Waals surface area contributed by atoms with Crippen LogP contribution in [-0.4, -0.2) is 13.1 Å². The van der Waals surface area contributed by atoms with Gasteiger partial charge in [-0.3, -0.25) is 0 Å². The molecule has 0 spiro atoms. The van der Waals surface area contributed by atoms with E-state index in [0.29, 0.717) is 5.92 Å². The van der Waals surface area contributed by atoms with Crippen LogP contribution in [0.3, 0.4) is 0 Å². The van der Waals surface area contributed by atoms with Gasteiger partial charge in [0.05, 0.1) is 0 Å². The third-order valence-electron chi connectivity index (χ3n) is 3.36. The van der Waals surface area contributed by atoms with Crippen LogP contribution >= 0.6 is 0 Å². The molecule has 1 aromatic carbocycles. The highest BCUT2D eigenvalue weighted by Gasteiger charge is 2.18. The van der Waals surface area contributed by atoms with Crippen LogP contribution in [0.25, 0.3) is 0 Å². The molecule has 0 amide bonds. The molecule has 82 valence electrons. The van der Waals surface area contributed by atoms with E-state index in [4.69, 9.17) is 0 Å². The number of benzene rings is 1. The Hall–Kier alpha value is -0.890. The predicted molar refractivity (Wildman–Crippen MR) is 60.7 cm³/mol. The molecule has 1 aromatic rings. The fourth-order valence-corrected chi connectivity index (χ4v) is 2.39. The van der Waals surface area contributed by atoms with Crippen molar-refractivity contribution in [3.8, 4) is 0 Å². The number of aryl methyl sites for hydroxylation is 1. The summed E-state index contributed by atoms with van der Waals surface area (Å²) in [6.45, 7) is 5.81. The quantitative estimate of drug-likeness (QED) is 0.746. The number of nitrogens with one attached hydrogen (secondary N) is 1. The van der Waals surface area contributed by atoms with Crippen molar-refractivity contribution in [2.75, 3.05) is 13.1 Å². The number of piperidine rings is 1. The maximum Gasteiger partial charge on any atom is 0.129 e. The van der Waals surface area contributed by atoms with E-state index >= 15 is 0 Å². The first kappa shape index (κ1) is 10.6. The Balaban J connectivity index is 2.31. The van der Waals surface area contributed by atoms with Crippen molar-refractivity contribution < 1.29 is 4.39 Å². The molecule has 1 atom stereocenters. The second-order valence-electron chi connectivity index (χ2n) is 4.45. The molecule has 0 radical (unpaired) electrons. The highest BCUT2D eigenvalue weighted by molar-refractivity contribution is 5.35. The van der Waals surface area contributed by atoms with Crippen molar-refractivity contribution in [3.63, 3.8) is 0 Å². The van der Waals surface area contributed by atoms with Crippen molar-refractivity contribution in [2.45, 2.75) is 32.6 Å². The van der Waals surface area contributed by atoms with Gasteiger partial charge in [0, 0.05) is 6.54 Å². The molecule has 1 aliphatic heterocycles. The van der Waals surface area contributed by atoms with Gasteiger partial charge in [-0.15, -0.1) is 0 Å². The van der Waals surface area contributed by atoms with Gasteiger partial charge in [-0.25, -0.2) is 4.39 Å². The summed E-state index contributed by atoms with van der Waals surface area (Å²) in [5.41, 5.74) is 2.77. The topological polar surface area (TPSA) is 12.0 Å². The SMILES string of the molecule is Cc1ccc(C2CCCNC2)c(C)c1F. The Morgan fingerprint density at radius 3 is 2.80 bits per heavy atom. The first-order chi connectivity index (χ1) is 7.20. The van der Waals surface area contributed by atoms with E-state index in [1.807, 2.05) is 19.9 Å². The average molecular weight is 207 g/mol. The molecular weight excluding hydrogens is 189 g/mol. The first-order valence-corrected chi connectivity index (χ1v) is 5.66. The highest BCUT2D eigenvalue weighted by Crippen LogP contribution is 2.28. The van der Waals surface area contributed by atoms with Gasteiger partial charge in [0.1, 0.15) is 5.82 Å². The standard InChI is InChI=1S/C13H18FN/c1-9-5-6-12(10(2)13(9)14)11-4-3-7-15-8-11/h5-6,11,15H,3-4,7-8H2,1-2H3. The zero-order chi connectivity index (χ0) is 10.8. The van der Waals surface area contributed by atoms with Gasteiger partial charge in [-0.05, 0) is 55.8 Å². The predicted octanol–water partition coefficient (Wildman–Crippen LogP) is 2.91. The summed E-state index contributed by atoms with van der Waals surface area (Å²) >= 11 is 0. The first-order valence-electron chi connectivity index (χ1n) is 5.66. The zero-order valence-corrected chi connectivity index (χ0v) is 9.44. The van der Waals surface area contributed by atoms with E-state index in [-0.39, 0.29) is 5.82 Å². The van der Waals surface area contributed by atoms with Gasteiger partial charge < -0.3 is 5.32 Å². The molecule has 0 bridgehead atoms. The van der Waals surface area contributed by atoms with Gasteiger partial charge in [-0.1, -0.05) is 12.1 Å². The van der Waals surface area contributed by atoms with Crippen molar-refractivity contribution in [2.24, 2.45) is 0 Å². The molecule has 1 fully saturated rings. The Morgan fingerprint density at radius 1 is 1.33 bits per heavy atom. The van der Waals surface area contributed by atoms with Gasteiger partial charge in [0.15, 0.2) is 0 Å². The molecule has 1 N–H and O–H groups in total.